The summed E-state index contributed by atoms with van der Waals surface area (Å²) in [4.78, 5) is 24.9. The number of benzene rings is 2. The van der Waals surface area contributed by atoms with Gasteiger partial charge in [0.15, 0.2) is 22.5 Å². The lowest BCUT2D eigenvalue weighted by atomic mass is 10.2. The number of ether oxygens (including phenoxy) is 2. The molecule has 32 heavy (non-hydrogen) atoms. The van der Waals surface area contributed by atoms with Crippen molar-refractivity contribution in [2.45, 2.75) is 31.6 Å². The van der Waals surface area contributed by atoms with Crippen LogP contribution in [0.4, 0.5) is 5.69 Å². The minimum absolute atomic E-state index is 0.164. The van der Waals surface area contributed by atoms with Gasteiger partial charge in [0.05, 0.1) is 11.8 Å². The van der Waals surface area contributed by atoms with Crippen molar-refractivity contribution in [1.82, 2.24) is 20.1 Å². The predicted octanol–water partition coefficient (Wildman–Crippen LogP) is 3.25. The third-order valence-electron chi connectivity index (χ3n) is 4.82. The molecule has 0 spiro atoms. The first-order valence-electron chi connectivity index (χ1n) is 10.2. The second-order valence-electron chi connectivity index (χ2n) is 7.05. The van der Waals surface area contributed by atoms with E-state index >= 15 is 0 Å². The number of nitrogens with zero attached hydrogens (tertiary/aromatic N) is 3. The number of aromatic nitrogens is 3. The Balaban J connectivity index is 1.36. The summed E-state index contributed by atoms with van der Waals surface area (Å²) in [7, 11) is 0. The van der Waals surface area contributed by atoms with Crippen LogP contribution in [0.2, 0.25) is 0 Å². The Labute approximate surface area is 189 Å². The highest BCUT2D eigenvalue weighted by molar-refractivity contribution is 7.99. The Morgan fingerprint density at radius 3 is 2.69 bits per heavy atom. The molecule has 0 bridgehead atoms. The van der Waals surface area contributed by atoms with Gasteiger partial charge in [-0.25, -0.2) is 0 Å². The molecule has 2 aromatic carbocycles. The minimum Gasteiger partial charge on any atom is -0.454 e. The molecule has 0 radical (unpaired) electrons. The summed E-state index contributed by atoms with van der Waals surface area (Å²) in [5.41, 5.74) is 1.21. The van der Waals surface area contributed by atoms with Gasteiger partial charge in [-0.1, -0.05) is 30.0 Å². The molecule has 1 aromatic heterocycles. The maximum Gasteiger partial charge on any atom is 0.251 e. The lowest BCUT2D eigenvalue weighted by molar-refractivity contribution is -0.113. The molecule has 0 aliphatic carbocycles. The highest BCUT2D eigenvalue weighted by atomic mass is 32.2. The van der Waals surface area contributed by atoms with E-state index in [1.165, 1.54) is 11.8 Å². The van der Waals surface area contributed by atoms with Crippen LogP contribution < -0.4 is 20.1 Å². The van der Waals surface area contributed by atoms with E-state index < -0.39 is 0 Å². The van der Waals surface area contributed by atoms with Crippen molar-refractivity contribution in [3.05, 3.63) is 59.9 Å². The predicted molar refractivity (Wildman–Crippen MR) is 120 cm³/mol. The van der Waals surface area contributed by atoms with Crippen LogP contribution in [0.1, 0.15) is 36.1 Å². The van der Waals surface area contributed by atoms with Crippen molar-refractivity contribution < 1.29 is 19.1 Å². The van der Waals surface area contributed by atoms with E-state index in [1.807, 2.05) is 36.6 Å². The van der Waals surface area contributed by atoms with Gasteiger partial charge in [-0.15, -0.1) is 10.2 Å². The van der Waals surface area contributed by atoms with Crippen LogP contribution in [0.25, 0.3) is 0 Å². The van der Waals surface area contributed by atoms with Gasteiger partial charge < -0.3 is 24.7 Å². The molecule has 2 N–H and O–H groups in total. The van der Waals surface area contributed by atoms with Gasteiger partial charge >= 0.3 is 0 Å². The lowest BCUT2D eigenvalue weighted by Crippen LogP contribution is -2.28. The average Bonchev–Trinajstić information content (AvgIpc) is 3.44. The largest absolute Gasteiger partial charge is 0.454 e. The van der Waals surface area contributed by atoms with E-state index in [1.54, 1.807) is 30.3 Å². The molecule has 0 unspecified atom stereocenters. The Bertz CT molecular complexity index is 1120. The normalized spacial score (nSPS) is 12.9. The number of carbonyl (C=O) groups is 2. The van der Waals surface area contributed by atoms with Crippen molar-refractivity contribution in [2.24, 2.45) is 0 Å². The van der Waals surface area contributed by atoms with Gasteiger partial charge in [0.25, 0.3) is 5.91 Å². The van der Waals surface area contributed by atoms with Crippen LogP contribution in [0, 0.1) is 0 Å². The summed E-state index contributed by atoms with van der Waals surface area (Å²) in [5, 5.41) is 14.9. The summed E-state index contributed by atoms with van der Waals surface area (Å²) < 4.78 is 12.5. The Kier molecular flexibility index (Phi) is 6.60. The fraction of sp³-hybridized carbons (Fsp3) is 0.273. The number of amides is 2. The van der Waals surface area contributed by atoms with E-state index in [0.717, 1.165) is 0 Å². The fourth-order valence-electron chi connectivity index (χ4n) is 3.26. The molecule has 2 heterocycles. The maximum atomic E-state index is 12.5. The molecule has 4 rings (SSSR count). The van der Waals surface area contributed by atoms with E-state index in [9.17, 15) is 9.59 Å². The van der Waals surface area contributed by atoms with Crippen molar-refractivity contribution in [2.75, 3.05) is 17.9 Å². The molecule has 3 aromatic rings. The molecule has 1 aliphatic heterocycles. The second-order valence-corrected chi connectivity index (χ2v) is 7.99. The highest BCUT2D eigenvalue weighted by Crippen LogP contribution is 2.34. The number of thioether (sulfide) groups is 1. The molecular weight excluding hydrogens is 430 g/mol. The van der Waals surface area contributed by atoms with Crippen molar-refractivity contribution in [1.29, 1.82) is 0 Å². The molecule has 0 saturated heterocycles. The van der Waals surface area contributed by atoms with Gasteiger partial charge in [-0.2, -0.15) is 0 Å². The third-order valence-corrected chi connectivity index (χ3v) is 5.79. The summed E-state index contributed by atoms with van der Waals surface area (Å²) in [6, 6.07) is 13.9. The summed E-state index contributed by atoms with van der Waals surface area (Å²) >= 11 is 1.29. The smallest absolute Gasteiger partial charge is 0.251 e. The molecule has 166 valence electrons. The number of hydrogen-bond donors (Lipinski definition) is 2. The summed E-state index contributed by atoms with van der Waals surface area (Å²) in [6.45, 7) is 4.62. The monoisotopic (exact) mass is 453 g/mol. The second kappa shape index (κ2) is 9.73. The SMILES string of the molecule is CCn1c(SCC(=O)Nc2ccc3c(c2)OCO3)nnc1[C@@H](C)NC(=O)c1ccccc1. The number of anilines is 1. The Morgan fingerprint density at radius 2 is 1.91 bits per heavy atom. The molecule has 9 nitrogen and oxygen atoms in total. The average molecular weight is 454 g/mol. The first-order chi connectivity index (χ1) is 15.5. The quantitative estimate of drug-likeness (QED) is 0.504. The van der Waals surface area contributed by atoms with Crippen LogP contribution in [-0.4, -0.2) is 39.1 Å². The van der Waals surface area contributed by atoms with Gasteiger partial charge in [0.2, 0.25) is 12.7 Å². The zero-order valence-electron chi connectivity index (χ0n) is 17.7. The number of fused-ring (bicyclic) bond motifs is 1. The highest BCUT2D eigenvalue weighted by Gasteiger charge is 2.20. The Hall–Kier alpha value is -3.53. The van der Waals surface area contributed by atoms with Crippen LogP contribution in [0.3, 0.4) is 0 Å². The lowest BCUT2D eigenvalue weighted by Gasteiger charge is -2.15. The number of carbonyl (C=O) groups excluding carboxylic acids is 2. The molecular formula is C22H23N5O4S. The number of hydrogen-bond acceptors (Lipinski definition) is 7. The number of nitrogens with one attached hydrogen (secondary N) is 2. The standard InChI is InChI=1S/C22H23N5O4S/c1-3-27-20(14(2)23-21(29)15-7-5-4-6-8-15)25-26-22(27)32-12-19(28)24-16-9-10-17-18(11-16)31-13-30-17/h4-11,14H,3,12-13H2,1-2H3,(H,23,29)(H,24,28)/t14-/m1/s1. The van der Waals surface area contributed by atoms with Crippen LogP contribution in [-0.2, 0) is 11.3 Å². The van der Waals surface area contributed by atoms with E-state index in [-0.39, 0.29) is 30.4 Å². The first kappa shape index (κ1) is 21.7. The van der Waals surface area contributed by atoms with Crippen LogP contribution in [0.15, 0.2) is 53.7 Å². The minimum atomic E-state index is -0.341. The molecule has 1 aliphatic rings. The van der Waals surface area contributed by atoms with E-state index in [4.69, 9.17) is 9.47 Å². The van der Waals surface area contributed by atoms with Gasteiger partial charge in [-0.3, -0.25) is 9.59 Å². The Morgan fingerprint density at radius 1 is 1.12 bits per heavy atom. The maximum absolute atomic E-state index is 12.5. The van der Waals surface area contributed by atoms with Gasteiger partial charge in [0, 0.05) is 23.9 Å². The topological polar surface area (TPSA) is 107 Å². The summed E-state index contributed by atoms with van der Waals surface area (Å²) in [6.07, 6.45) is 0. The van der Waals surface area contributed by atoms with Crippen LogP contribution >= 0.6 is 11.8 Å². The van der Waals surface area contributed by atoms with Gasteiger partial charge in [0.1, 0.15) is 0 Å². The first-order valence-corrected chi connectivity index (χ1v) is 11.1. The number of rotatable bonds is 8. The van der Waals surface area contributed by atoms with Crippen molar-refractivity contribution in [3.8, 4) is 11.5 Å². The van der Waals surface area contributed by atoms with E-state index in [2.05, 4.69) is 20.8 Å². The molecule has 2 amide bonds. The molecule has 0 saturated carbocycles. The molecule has 10 heteroatoms. The van der Waals surface area contributed by atoms with Crippen LogP contribution in [0.5, 0.6) is 11.5 Å². The third kappa shape index (κ3) is 4.86. The van der Waals surface area contributed by atoms with E-state index in [0.29, 0.717) is 40.3 Å². The summed E-state index contributed by atoms with van der Waals surface area (Å²) in [5.74, 6) is 1.71. The van der Waals surface area contributed by atoms with Crippen molar-refractivity contribution in [3.63, 3.8) is 0 Å². The zero-order chi connectivity index (χ0) is 22.5. The molecule has 0 fully saturated rings. The zero-order valence-corrected chi connectivity index (χ0v) is 18.5. The van der Waals surface area contributed by atoms with Crippen molar-refractivity contribution >= 4 is 29.3 Å². The molecule has 1 atom stereocenters. The van der Waals surface area contributed by atoms with Gasteiger partial charge in [-0.05, 0) is 38.1 Å². The fourth-order valence-corrected chi connectivity index (χ4v) is 4.07.